The molecule has 0 fully saturated rings. The first-order chi connectivity index (χ1) is 9.47. The molecule has 1 aromatic carbocycles. The van der Waals surface area contributed by atoms with Crippen molar-refractivity contribution in [2.75, 3.05) is 6.26 Å². The molecule has 0 amide bonds. The summed E-state index contributed by atoms with van der Waals surface area (Å²) in [6, 6.07) is 5.37. The summed E-state index contributed by atoms with van der Waals surface area (Å²) in [4.78, 5) is 4.05. The number of hydrogen-bond acceptors (Lipinski definition) is 4. The molecule has 101 valence electrons. The SMILES string of the molecule is CS(=O)(=O)c1ccc(-c2cnn3[c]ccnc23)c(F)c1. The topological polar surface area (TPSA) is 64.3 Å². The van der Waals surface area contributed by atoms with E-state index in [1.54, 1.807) is 6.07 Å². The summed E-state index contributed by atoms with van der Waals surface area (Å²) in [7, 11) is -3.44. The third-order valence-electron chi connectivity index (χ3n) is 2.87. The molecule has 3 aromatic rings. The molecule has 2 heterocycles. The van der Waals surface area contributed by atoms with E-state index in [1.165, 1.54) is 29.0 Å². The molecule has 0 atom stereocenters. The number of halogens is 1. The molecule has 0 aliphatic rings. The van der Waals surface area contributed by atoms with Gasteiger partial charge in [0.2, 0.25) is 0 Å². The third-order valence-corrected chi connectivity index (χ3v) is 3.98. The van der Waals surface area contributed by atoms with Gasteiger partial charge in [-0.05, 0) is 24.3 Å². The van der Waals surface area contributed by atoms with Crippen molar-refractivity contribution in [3.63, 3.8) is 0 Å². The first-order valence-electron chi connectivity index (χ1n) is 5.67. The number of hydrogen-bond donors (Lipinski definition) is 0. The van der Waals surface area contributed by atoms with Crippen molar-refractivity contribution in [2.45, 2.75) is 4.90 Å². The molecular weight excluding hydrogens is 281 g/mol. The number of fused-ring (bicyclic) bond motifs is 1. The fraction of sp³-hybridized carbons (Fsp3) is 0.0769. The van der Waals surface area contributed by atoms with Crippen molar-refractivity contribution >= 4 is 15.5 Å². The number of sulfone groups is 1. The maximum Gasteiger partial charge on any atom is 0.175 e. The lowest BCUT2D eigenvalue weighted by Gasteiger charge is -2.03. The van der Waals surface area contributed by atoms with Crippen molar-refractivity contribution in [3.05, 3.63) is 48.7 Å². The van der Waals surface area contributed by atoms with Gasteiger partial charge in [-0.15, -0.1) is 0 Å². The van der Waals surface area contributed by atoms with Crippen LogP contribution < -0.4 is 0 Å². The Bertz CT molecular complexity index is 903. The Kier molecular flexibility index (Phi) is 2.79. The molecule has 5 nitrogen and oxygen atoms in total. The Hall–Kier alpha value is -2.28. The average molecular weight is 290 g/mol. The van der Waals surface area contributed by atoms with Crippen molar-refractivity contribution in [1.82, 2.24) is 14.6 Å². The van der Waals surface area contributed by atoms with Gasteiger partial charge in [-0.1, -0.05) is 0 Å². The lowest BCUT2D eigenvalue weighted by molar-refractivity contribution is 0.596. The van der Waals surface area contributed by atoms with Crippen LogP contribution in [0.15, 0.2) is 41.6 Å². The quantitative estimate of drug-likeness (QED) is 0.721. The van der Waals surface area contributed by atoms with E-state index in [0.717, 1.165) is 12.3 Å². The highest BCUT2D eigenvalue weighted by molar-refractivity contribution is 7.90. The molecule has 0 N–H and O–H groups in total. The van der Waals surface area contributed by atoms with Crippen LogP contribution >= 0.6 is 0 Å². The van der Waals surface area contributed by atoms with E-state index >= 15 is 0 Å². The van der Waals surface area contributed by atoms with Gasteiger partial charge < -0.3 is 0 Å². The second kappa shape index (κ2) is 4.38. The molecule has 0 aliphatic heterocycles. The van der Waals surface area contributed by atoms with Crippen LogP contribution in [0.5, 0.6) is 0 Å². The van der Waals surface area contributed by atoms with E-state index in [2.05, 4.69) is 16.3 Å². The van der Waals surface area contributed by atoms with E-state index in [1.807, 2.05) is 0 Å². The molecule has 1 radical (unpaired) electrons. The van der Waals surface area contributed by atoms with Crippen molar-refractivity contribution in [3.8, 4) is 11.1 Å². The Balaban J connectivity index is 2.21. The maximum atomic E-state index is 14.1. The summed E-state index contributed by atoms with van der Waals surface area (Å²) in [6.45, 7) is 0. The van der Waals surface area contributed by atoms with Gasteiger partial charge in [0, 0.05) is 23.6 Å². The molecule has 0 aliphatic carbocycles. The first kappa shape index (κ1) is 12.7. The van der Waals surface area contributed by atoms with Gasteiger partial charge >= 0.3 is 0 Å². The standard InChI is InChI=1S/C13H9FN3O2S/c1-20(18,19)9-3-4-10(12(14)7-9)11-8-16-17-6-2-5-15-13(11)17/h2-5,7-8H,1H3. The van der Waals surface area contributed by atoms with Crippen LogP contribution in [0.1, 0.15) is 0 Å². The van der Waals surface area contributed by atoms with Gasteiger partial charge in [-0.3, -0.25) is 0 Å². The second-order valence-electron chi connectivity index (χ2n) is 4.28. The molecule has 7 heteroatoms. The highest BCUT2D eigenvalue weighted by atomic mass is 32.2. The lowest BCUT2D eigenvalue weighted by atomic mass is 10.1. The van der Waals surface area contributed by atoms with Gasteiger partial charge in [-0.2, -0.15) is 5.10 Å². The molecule has 0 spiro atoms. The monoisotopic (exact) mass is 290 g/mol. The van der Waals surface area contributed by atoms with E-state index < -0.39 is 15.7 Å². The summed E-state index contributed by atoms with van der Waals surface area (Å²) in [5, 5.41) is 4.02. The zero-order valence-corrected chi connectivity index (χ0v) is 11.2. The minimum atomic E-state index is -3.44. The predicted octanol–water partition coefficient (Wildman–Crippen LogP) is 1.74. The number of benzene rings is 1. The summed E-state index contributed by atoms with van der Waals surface area (Å²) in [5.41, 5.74) is 1.19. The van der Waals surface area contributed by atoms with Crippen molar-refractivity contribution in [1.29, 1.82) is 0 Å². The number of rotatable bonds is 2. The third kappa shape index (κ3) is 2.05. The van der Waals surface area contributed by atoms with E-state index in [4.69, 9.17) is 0 Å². The molecule has 0 unspecified atom stereocenters. The maximum absolute atomic E-state index is 14.1. The van der Waals surface area contributed by atoms with Crippen LogP contribution in [-0.4, -0.2) is 29.3 Å². The minimum absolute atomic E-state index is 0.0604. The zero-order chi connectivity index (χ0) is 14.3. The lowest BCUT2D eigenvalue weighted by Crippen LogP contribution is -1.98. The molecule has 0 saturated heterocycles. The smallest absolute Gasteiger partial charge is 0.175 e. The van der Waals surface area contributed by atoms with Crippen molar-refractivity contribution < 1.29 is 12.8 Å². The summed E-state index contributed by atoms with van der Waals surface area (Å²) in [6.07, 6.45) is 6.86. The number of nitrogens with zero attached hydrogens (tertiary/aromatic N) is 3. The fourth-order valence-corrected chi connectivity index (χ4v) is 2.54. The minimum Gasteiger partial charge on any atom is -0.236 e. The Morgan fingerprint density at radius 2 is 2.10 bits per heavy atom. The predicted molar refractivity (Wildman–Crippen MR) is 70.3 cm³/mol. The zero-order valence-electron chi connectivity index (χ0n) is 10.4. The normalized spacial score (nSPS) is 11.9. The molecule has 0 saturated carbocycles. The van der Waals surface area contributed by atoms with Crippen LogP contribution in [0.4, 0.5) is 4.39 Å². The Labute approximate surface area is 114 Å². The summed E-state index contributed by atoms with van der Waals surface area (Å²) >= 11 is 0. The molecule has 3 rings (SSSR count). The van der Waals surface area contributed by atoms with Crippen LogP contribution in [0, 0.1) is 12.0 Å². The van der Waals surface area contributed by atoms with Gasteiger partial charge in [0.25, 0.3) is 0 Å². The Morgan fingerprint density at radius 3 is 2.80 bits per heavy atom. The highest BCUT2D eigenvalue weighted by Gasteiger charge is 2.15. The Morgan fingerprint density at radius 1 is 1.30 bits per heavy atom. The van der Waals surface area contributed by atoms with E-state index in [-0.39, 0.29) is 10.5 Å². The molecule has 2 aromatic heterocycles. The van der Waals surface area contributed by atoms with Crippen LogP contribution in [-0.2, 0) is 9.84 Å². The first-order valence-corrected chi connectivity index (χ1v) is 7.56. The van der Waals surface area contributed by atoms with Gasteiger partial charge in [-0.25, -0.2) is 22.3 Å². The molecule has 0 bridgehead atoms. The van der Waals surface area contributed by atoms with Crippen molar-refractivity contribution in [2.24, 2.45) is 0 Å². The van der Waals surface area contributed by atoms with Crippen LogP contribution in [0.25, 0.3) is 16.8 Å². The van der Waals surface area contributed by atoms with Crippen LogP contribution in [0.3, 0.4) is 0 Å². The van der Waals surface area contributed by atoms with Gasteiger partial charge in [0.05, 0.1) is 17.3 Å². The van der Waals surface area contributed by atoms with Crippen LogP contribution in [0.2, 0.25) is 0 Å². The largest absolute Gasteiger partial charge is 0.236 e. The van der Waals surface area contributed by atoms with E-state index in [9.17, 15) is 12.8 Å². The summed E-state index contributed by atoms with van der Waals surface area (Å²) < 4.78 is 38.3. The average Bonchev–Trinajstić information content (AvgIpc) is 2.81. The highest BCUT2D eigenvalue weighted by Crippen LogP contribution is 2.27. The summed E-state index contributed by atoms with van der Waals surface area (Å²) in [5.74, 6) is -0.631. The second-order valence-corrected chi connectivity index (χ2v) is 6.30. The fourth-order valence-electron chi connectivity index (χ4n) is 1.91. The van der Waals surface area contributed by atoms with Gasteiger partial charge in [0.1, 0.15) is 5.82 Å². The van der Waals surface area contributed by atoms with Gasteiger partial charge in [0.15, 0.2) is 15.5 Å². The van der Waals surface area contributed by atoms with E-state index in [0.29, 0.717) is 11.2 Å². The number of aromatic nitrogens is 3. The molecule has 20 heavy (non-hydrogen) atoms. The molecular formula is C13H9FN3O2S.